The molecule has 0 aromatic carbocycles. The third kappa shape index (κ3) is 4.62. The normalized spacial score (nSPS) is 11.7. The van der Waals surface area contributed by atoms with Gasteiger partial charge in [-0.2, -0.15) is 5.10 Å². The molecule has 114 valence electrons. The highest BCUT2D eigenvalue weighted by Crippen LogP contribution is 2.06. The molecule has 2 aromatic rings. The first-order valence-corrected chi connectivity index (χ1v) is 8.17. The lowest BCUT2D eigenvalue weighted by molar-refractivity contribution is 0.551. The van der Waals surface area contributed by atoms with Crippen molar-refractivity contribution in [2.24, 2.45) is 0 Å². The van der Waals surface area contributed by atoms with E-state index in [0.717, 1.165) is 5.56 Å². The highest BCUT2D eigenvalue weighted by atomic mass is 32.2. The van der Waals surface area contributed by atoms with Gasteiger partial charge in [0.05, 0.1) is 0 Å². The highest BCUT2D eigenvalue weighted by Gasteiger charge is 2.14. The van der Waals surface area contributed by atoms with Crippen LogP contribution in [-0.4, -0.2) is 36.8 Å². The maximum absolute atomic E-state index is 12.1. The third-order valence-electron chi connectivity index (χ3n) is 2.87. The number of nitrogens with zero attached hydrogens (tertiary/aromatic N) is 3. The van der Waals surface area contributed by atoms with Gasteiger partial charge in [0.25, 0.3) is 10.0 Å². The first kappa shape index (κ1) is 15.6. The Hall–Kier alpha value is -1.77. The molecule has 0 aliphatic carbocycles. The van der Waals surface area contributed by atoms with E-state index < -0.39 is 10.0 Å². The summed E-state index contributed by atoms with van der Waals surface area (Å²) in [4.78, 5) is 3.99. The van der Waals surface area contributed by atoms with Crippen molar-refractivity contribution < 1.29 is 8.42 Å². The van der Waals surface area contributed by atoms with Crippen LogP contribution < -0.4 is 10.0 Å². The molecule has 2 aromatic heterocycles. The summed E-state index contributed by atoms with van der Waals surface area (Å²) in [5, 5.41) is 7.08. The Morgan fingerprint density at radius 1 is 1.33 bits per heavy atom. The van der Waals surface area contributed by atoms with Gasteiger partial charge < -0.3 is 5.32 Å². The van der Waals surface area contributed by atoms with E-state index >= 15 is 0 Å². The van der Waals surface area contributed by atoms with Gasteiger partial charge >= 0.3 is 0 Å². The summed E-state index contributed by atoms with van der Waals surface area (Å²) in [6.45, 7) is 1.68. The van der Waals surface area contributed by atoms with Crippen LogP contribution in [0.5, 0.6) is 0 Å². The molecule has 0 aliphatic rings. The second-order valence-corrected chi connectivity index (χ2v) is 6.27. The molecule has 2 N–H and O–H groups in total. The zero-order valence-electron chi connectivity index (χ0n) is 11.9. The van der Waals surface area contributed by atoms with Crippen LogP contribution in [0, 0.1) is 0 Å². The van der Waals surface area contributed by atoms with Gasteiger partial charge in [-0.15, -0.1) is 0 Å². The van der Waals surface area contributed by atoms with Gasteiger partial charge in [-0.1, -0.05) is 6.07 Å². The van der Waals surface area contributed by atoms with Crippen LogP contribution in [0.3, 0.4) is 0 Å². The van der Waals surface area contributed by atoms with Crippen molar-refractivity contribution in [3.8, 4) is 0 Å². The minimum absolute atomic E-state index is 0.0430. The third-order valence-corrected chi connectivity index (χ3v) is 4.25. The Bertz CT molecular complexity index is 638. The standard InChI is InChI=1S/C13H19N5O2S/c1-14-10-12-4-5-13(15-11-12)21(19,20)17-7-3-9-18-8-2-6-16-18/h2,4-6,8,11,14,17H,3,7,9-10H2,1H3. The van der Waals surface area contributed by atoms with E-state index in [2.05, 4.69) is 20.1 Å². The van der Waals surface area contributed by atoms with E-state index in [1.54, 1.807) is 23.1 Å². The fraction of sp³-hybridized carbons (Fsp3) is 0.385. The fourth-order valence-corrected chi connectivity index (χ4v) is 2.83. The lowest BCUT2D eigenvalue weighted by atomic mass is 10.3. The van der Waals surface area contributed by atoms with Crippen molar-refractivity contribution in [1.82, 2.24) is 24.8 Å². The number of rotatable bonds is 8. The number of sulfonamides is 1. The second-order valence-electron chi connectivity index (χ2n) is 4.56. The highest BCUT2D eigenvalue weighted by molar-refractivity contribution is 7.89. The molecule has 2 heterocycles. The number of aryl methyl sites for hydroxylation is 1. The molecule has 2 rings (SSSR count). The Morgan fingerprint density at radius 2 is 2.19 bits per heavy atom. The minimum Gasteiger partial charge on any atom is -0.316 e. The SMILES string of the molecule is CNCc1ccc(S(=O)(=O)NCCCn2cccn2)nc1. The van der Waals surface area contributed by atoms with Gasteiger partial charge in [-0.05, 0) is 31.2 Å². The summed E-state index contributed by atoms with van der Waals surface area (Å²) in [6.07, 6.45) is 5.77. The van der Waals surface area contributed by atoms with E-state index in [0.29, 0.717) is 26.1 Å². The molecular formula is C13H19N5O2S. The molecule has 0 saturated heterocycles. The molecule has 0 fully saturated rings. The Balaban J connectivity index is 1.85. The van der Waals surface area contributed by atoms with Crippen molar-refractivity contribution in [3.63, 3.8) is 0 Å². The average Bonchev–Trinajstić information content (AvgIpc) is 2.98. The maximum Gasteiger partial charge on any atom is 0.258 e. The van der Waals surface area contributed by atoms with Crippen LogP contribution in [0.1, 0.15) is 12.0 Å². The van der Waals surface area contributed by atoms with Crippen molar-refractivity contribution in [1.29, 1.82) is 0 Å². The molecule has 0 spiro atoms. The van der Waals surface area contributed by atoms with Crippen LogP contribution in [0.4, 0.5) is 0 Å². The molecule has 0 amide bonds. The molecule has 0 saturated carbocycles. The average molecular weight is 309 g/mol. The van der Waals surface area contributed by atoms with Crippen molar-refractivity contribution >= 4 is 10.0 Å². The van der Waals surface area contributed by atoms with Gasteiger partial charge in [0.15, 0.2) is 5.03 Å². The largest absolute Gasteiger partial charge is 0.316 e. The van der Waals surface area contributed by atoms with Crippen LogP contribution >= 0.6 is 0 Å². The second kappa shape index (κ2) is 7.30. The smallest absolute Gasteiger partial charge is 0.258 e. The first-order chi connectivity index (χ1) is 10.1. The molecule has 8 heteroatoms. The predicted molar refractivity (Wildman–Crippen MR) is 79.0 cm³/mol. The summed E-state index contributed by atoms with van der Waals surface area (Å²) in [7, 11) is -1.72. The van der Waals surface area contributed by atoms with Gasteiger partial charge in [0, 0.05) is 38.2 Å². The number of aromatic nitrogens is 3. The van der Waals surface area contributed by atoms with Crippen LogP contribution in [0.15, 0.2) is 41.8 Å². The Labute approximate surface area is 124 Å². The van der Waals surface area contributed by atoms with Gasteiger partial charge in [0.2, 0.25) is 0 Å². The van der Waals surface area contributed by atoms with Gasteiger partial charge in [-0.25, -0.2) is 18.1 Å². The molecule has 0 radical (unpaired) electrons. The van der Waals surface area contributed by atoms with Gasteiger partial charge in [0.1, 0.15) is 0 Å². The predicted octanol–water partition coefficient (Wildman–Crippen LogP) is 0.366. The molecule has 0 atom stereocenters. The monoisotopic (exact) mass is 309 g/mol. The van der Waals surface area contributed by atoms with E-state index in [4.69, 9.17) is 0 Å². The Kier molecular flexibility index (Phi) is 5.43. The summed E-state index contributed by atoms with van der Waals surface area (Å²) in [5.41, 5.74) is 0.940. The van der Waals surface area contributed by atoms with Crippen LogP contribution in [0.25, 0.3) is 0 Å². The fourth-order valence-electron chi connectivity index (χ4n) is 1.83. The number of hydrogen-bond donors (Lipinski definition) is 2. The van der Waals surface area contributed by atoms with E-state index in [1.165, 1.54) is 6.07 Å². The molecule has 21 heavy (non-hydrogen) atoms. The summed E-state index contributed by atoms with van der Waals surface area (Å²) < 4.78 is 28.4. The van der Waals surface area contributed by atoms with E-state index in [1.807, 2.05) is 19.3 Å². The van der Waals surface area contributed by atoms with Crippen LogP contribution in [0.2, 0.25) is 0 Å². The zero-order chi connectivity index (χ0) is 15.1. The lowest BCUT2D eigenvalue weighted by Gasteiger charge is -2.07. The van der Waals surface area contributed by atoms with Crippen molar-refractivity contribution in [2.45, 2.75) is 24.5 Å². The summed E-state index contributed by atoms with van der Waals surface area (Å²) >= 11 is 0. The molecule has 0 unspecified atom stereocenters. The van der Waals surface area contributed by atoms with E-state index in [9.17, 15) is 8.42 Å². The quantitative estimate of drug-likeness (QED) is 0.688. The lowest BCUT2D eigenvalue weighted by Crippen LogP contribution is -2.26. The molecule has 0 bridgehead atoms. The summed E-state index contributed by atoms with van der Waals surface area (Å²) in [6, 6.07) is 5.10. The number of pyridine rings is 1. The van der Waals surface area contributed by atoms with Crippen molar-refractivity contribution in [2.75, 3.05) is 13.6 Å². The molecule has 0 aliphatic heterocycles. The minimum atomic E-state index is -3.54. The topological polar surface area (TPSA) is 88.9 Å². The Morgan fingerprint density at radius 3 is 2.81 bits per heavy atom. The zero-order valence-corrected chi connectivity index (χ0v) is 12.7. The number of hydrogen-bond acceptors (Lipinski definition) is 5. The van der Waals surface area contributed by atoms with Crippen LogP contribution in [-0.2, 0) is 23.1 Å². The maximum atomic E-state index is 12.1. The van der Waals surface area contributed by atoms with E-state index in [-0.39, 0.29) is 5.03 Å². The summed E-state index contributed by atoms with van der Waals surface area (Å²) in [5.74, 6) is 0. The van der Waals surface area contributed by atoms with Crippen molar-refractivity contribution in [3.05, 3.63) is 42.4 Å². The number of nitrogens with one attached hydrogen (secondary N) is 2. The van der Waals surface area contributed by atoms with Gasteiger partial charge in [-0.3, -0.25) is 4.68 Å². The first-order valence-electron chi connectivity index (χ1n) is 6.68. The molecule has 7 nitrogen and oxygen atoms in total. The molecular weight excluding hydrogens is 290 g/mol.